The van der Waals surface area contributed by atoms with Gasteiger partial charge < -0.3 is 10.1 Å². The number of aromatic nitrogens is 2. The van der Waals surface area contributed by atoms with Crippen LogP contribution in [-0.2, 0) is 22.3 Å². The number of nitrogens with one attached hydrogen (secondary N) is 1. The lowest BCUT2D eigenvalue weighted by Gasteiger charge is -2.13. The fourth-order valence-corrected chi connectivity index (χ4v) is 3.94. The Morgan fingerprint density at radius 3 is 2.75 bits per heavy atom. The maximum atomic E-state index is 12.9. The van der Waals surface area contributed by atoms with Gasteiger partial charge in [0.1, 0.15) is 0 Å². The van der Waals surface area contributed by atoms with E-state index in [0.717, 1.165) is 23.9 Å². The zero-order valence-corrected chi connectivity index (χ0v) is 18.5. The molecule has 6 nitrogen and oxygen atoms in total. The van der Waals surface area contributed by atoms with E-state index in [9.17, 15) is 22.8 Å². The molecule has 0 radical (unpaired) electrons. The van der Waals surface area contributed by atoms with Crippen molar-refractivity contribution >= 4 is 45.9 Å². The van der Waals surface area contributed by atoms with Gasteiger partial charge >= 0.3 is 6.18 Å². The number of ether oxygens (including phenoxy) is 1. The van der Waals surface area contributed by atoms with Crippen LogP contribution >= 0.6 is 23.4 Å². The summed E-state index contributed by atoms with van der Waals surface area (Å²) in [7, 11) is 1.55. The molecule has 2 aromatic carbocycles. The minimum absolute atomic E-state index is 0.0289. The zero-order valence-electron chi connectivity index (χ0n) is 16.9. The topological polar surface area (TPSA) is 73.2 Å². The number of anilines is 1. The number of nitrogens with zero attached hydrogens (tertiary/aromatic N) is 2. The first-order chi connectivity index (χ1) is 15.2. The quantitative estimate of drug-likeness (QED) is 0.281. The number of methoxy groups -OCH3 is 1. The third-order valence-electron chi connectivity index (χ3n) is 4.42. The molecule has 1 N–H and O–H groups in total. The van der Waals surface area contributed by atoms with Gasteiger partial charge in [-0.15, -0.1) is 0 Å². The number of carbonyl (C=O) groups excluding carboxylic acids is 1. The second-order valence-corrected chi connectivity index (χ2v) is 8.15. The summed E-state index contributed by atoms with van der Waals surface area (Å²) in [6.07, 6.45) is -3.95. The van der Waals surface area contributed by atoms with Crippen molar-refractivity contribution in [1.29, 1.82) is 0 Å². The number of benzene rings is 2. The van der Waals surface area contributed by atoms with Gasteiger partial charge in [0.15, 0.2) is 5.16 Å². The molecule has 3 aromatic rings. The number of thioether (sulfide) groups is 1. The number of fused-ring (bicyclic) bond motifs is 1. The predicted octanol–water partition coefficient (Wildman–Crippen LogP) is 4.84. The van der Waals surface area contributed by atoms with E-state index in [1.54, 1.807) is 25.3 Å². The van der Waals surface area contributed by atoms with Gasteiger partial charge in [0.05, 0.1) is 22.2 Å². The molecule has 1 amide bonds. The molecule has 0 aliphatic rings. The average Bonchev–Trinajstić information content (AvgIpc) is 2.73. The molecule has 1 aromatic heterocycles. The summed E-state index contributed by atoms with van der Waals surface area (Å²) in [5, 5.41) is 3.56. The summed E-state index contributed by atoms with van der Waals surface area (Å²) in [6, 6.07) is 9.12. The second-order valence-electron chi connectivity index (χ2n) is 6.77. The Morgan fingerprint density at radius 1 is 1.25 bits per heavy atom. The molecule has 0 unspecified atom stereocenters. The molecular formula is C21H19ClF3N3O3S. The van der Waals surface area contributed by atoms with Gasteiger partial charge in [0.25, 0.3) is 5.56 Å². The van der Waals surface area contributed by atoms with E-state index in [-0.39, 0.29) is 17.0 Å². The van der Waals surface area contributed by atoms with Crippen LogP contribution in [0.25, 0.3) is 10.9 Å². The smallest absolute Gasteiger partial charge is 0.385 e. The molecule has 0 saturated heterocycles. The Morgan fingerprint density at radius 2 is 2.03 bits per heavy atom. The van der Waals surface area contributed by atoms with Crippen LogP contribution < -0.4 is 10.9 Å². The Labute approximate surface area is 190 Å². The summed E-state index contributed by atoms with van der Waals surface area (Å²) in [4.78, 5) is 29.8. The number of alkyl halides is 3. The Bertz CT molecular complexity index is 1180. The van der Waals surface area contributed by atoms with Crippen LogP contribution in [-0.4, -0.2) is 34.9 Å². The molecule has 0 atom stereocenters. The van der Waals surface area contributed by atoms with E-state index >= 15 is 0 Å². The van der Waals surface area contributed by atoms with E-state index in [1.807, 2.05) is 0 Å². The molecule has 170 valence electrons. The zero-order chi connectivity index (χ0) is 23.3. The van der Waals surface area contributed by atoms with Gasteiger partial charge in [-0.25, -0.2) is 4.98 Å². The van der Waals surface area contributed by atoms with Crippen LogP contribution in [0.15, 0.2) is 52.4 Å². The number of carbonyl (C=O) groups is 1. The van der Waals surface area contributed by atoms with Gasteiger partial charge in [-0.3, -0.25) is 14.2 Å². The molecule has 0 spiro atoms. The first-order valence-corrected chi connectivity index (χ1v) is 10.8. The predicted molar refractivity (Wildman–Crippen MR) is 118 cm³/mol. The van der Waals surface area contributed by atoms with E-state index in [0.29, 0.717) is 40.7 Å². The molecule has 0 saturated carbocycles. The Hall–Kier alpha value is -2.56. The maximum Gasteiger partial charge on any atom is 0.416 e. The highest BCUT2D eigenvalue weighted by molar-refractivity contribution is 7.99. The molecule has 0 aliphatic carbocycles. The van der Waals surface area contributed by atoms with Crippen LogP contribution in [0.5, 0.6) is 0 Å². The summed E-state index contributed by atoms with van der Waals surface area (Å²) < 4.78 is 45.1. The number of halogens is 4. The van der Waals surface area contributed by atoms with Crippen molar-refractivity contribution in [2.24, 2.45) is 0 Å². The van der Waals surface area contributed by atoms with Crippen LogP contribution in [0.3, 0.4) is 0 Å². The van der Waals surface area contributed by atoms with E-state index in [2.05, 4.69) is 10.3 Å². The highest BCUT2D eigenvalue weighted by Gasteiger charge is 2.30. The number of amides is 1. The van der Waals surface area contributed by atoms with Gasteiger partial charge in [0.2, 0.25) is 5.91 Å². The minimum atomic E-state index is -4.51. The van der Waals surface area contributed by atoms with Crippen molar-refractivity contribution in [1.82, 2.24) is 9.55 Å². The Balaban J connectivity index is 1.80. The Kier molecular flexibility index (Phi) is 7.81. The third-order valence-corrected chi connectivity index (χ3v) is 5.63. The van der Waals surface area contributed by atoms with Crippen molar-refractivity contribution in [2.45, 2.75) is 24.3 Å². The van der Waals surface area contributed by atoms with E-state index in [4.69, 9.17) is 16.3 Å². The van der Waals surface area contributed by atoms with Gasteiger partial charge in [-0.2, -0.15) is 13.2 Å². The van der Waals surface area contributed by atoms with Crippen LogP contribution in [0.1, 0.15) is 12.0 Å². The molecule has 3 rings (SSSR count). The highest BCUT2D eigenvalue weighted by atomic mass is 35.5. The summed E-state index contributed by atoms with van der Waals surface area (Å²) in [6.45, 7) is 0.765. The summed E-state index contributed by atoms with van der Waals surface area (Å²) in [5.74, 6) is -0.683. The van der Waals surface area contributed by atoms with E-state index in [1.165, 1.54) is 16.7 Å². The molecule has 0 fully saturated rings. The molecule has 0 bridgehead atoms. The maximum absolute atomic E-state index is 12.9. The van der Waals surface area contributed by atoms with Crippen LogP contribution in [0.4, 0.5) is 18.9 Å². The summed E-state index contributed by atoms with van der Waals surface area (Å²) in [5.41, 5.74) is -0.709. The molecular weight excluding hydrogens is 467 g/mol. The molecule has 0 aliphatic heterocycles. The lowest BCUT2D eigenvalue weighted by atomic mass is 10.2. The standard InChI is InChI=1S/C21H19ClF3N3O3S/c1-31-9-3-8-28-19(30)16-7-6-14(22)11-17(16)27-20(28)32-12-18(29)26-15-5-2-4-13(10-15)21(23,24)25/h2,4-7,10-11H,3,8-9,12H2,1H3,(H,26,29). The largest absolute Gasteiger partial charge is 0.416 e. The van der Waals surface area contributed by atoms with Crippen LogP contribution in [0, 0.1) is 0 Å². The van der Waals surface area contributed by atoms with Gasteiger partial charge in [0, 0.05) is 31.0 Å². The number of hydrogen-bond acceptors (Lipinski definition) is 5. The van der Waals surface area contributed by atoms with Crippen LogP contribution in [0.2, 0.25) is 5.02 Å². The molecule has 1 heterocycles. The van der Waals surface area contributed by atoms with E-state index < -0.39 is 17.6 Å². The van der Waals surface area contributed by atoms with Crippen molar-refractivity contribution in [3.05, 3.63) is 63.4 Å². The third kappa shape index (κ3) is 6.02. The minimum Gasteiger partial charge on any atom is -0.385 e. The lowest BCUT2D eigenvalue weighted by Crippen LogP contribution is -2.25. The monoisotopic (exact) mass is 485 g/mol. The SMILES string of the molecule is COCCCn1c(SCC(=O)Nc2cccc(C(F)(F)F)c2)nc2cc(Cl)ccc2c1=O. The average molecular weight is 486 g/mol. The first-order valence-electron chi connectivity index (χ1n) is 9.48. The first kappa shape index (κ1) is 24.1. The van der Waals surface area contributed by atoms with Gasteiger partial charge in [-0.05, 0) is 42.8 Å². The number of rotatable bonds is 8. The number of hydrogen-bond donors (Lipinski definition) is 1. The lowest BCUT2D eigenvalue weighted by molar-refractivity contribution is -0.137. The van der Waals surface area contributed by atoms with Crippen molar-refractivity contribution in [3.8, 4) is 0 Å². The fraction of sp³-hybridized carbons (Fsp3) is 0.286. The molecule has 32 heavy (non-hydrogen) atoms. The van der Waals surface area contributed by atoms with Crippen molar-refractivity contribution in [3.63, 3.8) is 0 Å². The fourth-order valence-electron chi connectivity index (χ4n) is 2.95. The highest BCUT2D eigenvalue weighted by Crippen LogP contribution is 2.30. The summed E-state index contributed by atoms with van der Waals surface area (Å²) >= 11 is 7.02. The van der Waals surface area contributed by atoms with Crippen molar-refractivity contribution in [2.75, 3.05) is 24.8 Å². The second kappa shape index (κ2) is 10.4. The van der Waals surface area contributed by atoms with Gasteiger partial charge in [-0.1, -0.05) is 29.4 Å². The molecule has 11 heteroatoms. The normalized spacial score (nSPS) is 11.7. The van der Waals surface area contributed by atoms with Crippen molar-refractivity contribution < 1.29 is 22.7 Å².